The normalized spacial score (nSPS) is 14.0. The molecule has 4 rings (SSSR count). The molecule has 1 amide bonds. The summed E-state index contributed by atoms with van der Waals surface area (Å²) in [4.78, 5) is 16.8. The van der Waals surface area contributed by atoms with Gasteiger partial charge < -0.3 is 5.32 Å². The average molecular weight is 368 g/mol. The minimum atomic E-state index is -0.938. The maximum absolute atomic E-state index is 13.6. The molecule has 0 fully saturated rings. The fraction of sp³-hybridized carbons (Fsp3) is 0.250. The van der Waals surface area contributed by atoms with E-state index in [0.717, 1.165) is 48.2 Å². The smallest absolute Gasteiger partial charge is 0.272 e. The van der Waals surface area contributed by atoms with E-state index in [1.807, 2.05) is 19.1 Å². The van der Waals surface area contributed by atoms with Crippen LogP contribution in [0.1, 0.15) is 46.7 Å². The average Bonchev–Trinajstić information content (AvgIpc) is 3.27. The van der Waals surface area contributed by atoms with E-state index in [2.05, 4.69) is 15.4 Å². The molecule has 1 N–H and O–H groups in total. The maximum Gasteiger partial charge on any atom is 0.272 e. The predicted molar refractivity (Wildman–Crippen MR) is 95.6 cm³/mol. The third kappa shape index (κ3) is 3.20. The molecule has 3 aromatic rings. The van der Waals surface area contributed by atoms with Gasteiger partial charge in [0.25, 0.3) is 5.91 Å². The van der Waals surface area contributed by atoms with Crippen LogP contribution in [0.5, 0.6) is 0 Å². The number of hydrogen-bond donors (Lipinski definition) is 1. The molecule has 7 heteroatoms. The highest BCUT2D eigenvalue weighted by molar-refractivity contribution is 5.94. The van der Waals surface area contributed by atoms with Crippen molar-refractivity contribution < 1.29 is 13.6 Å². The van der Waals surface area contributed by atoms with Crippen molar-refractivity contribution in [1.82, 2.24) is 20.1 Å². The predicted octanol–water partition coefficient (Wildman–Crippen LogP) is 3.53. The Kier molecular flexibility index (Phi) is 4.43. The number of aromatic nitrogens is 3. The zero-order valence-electron chi connectivity index (χ0n) is 14.7. The lowest BCUT2D eigenvalue weighted by molar-refractivity contribution is 0.0933. The molecule has 0 saturated heterocycles. The summed E-state index contributed by atoms with van der Waals surface area (Å²) in [5.74, 6) is -2.13. The number of rotatable bonds is 4. The molecule has 0 spiro atoms. The van der Waals surface area contributed by atoms with Gasteiger partial charge in [0.1, 0.15) is 0 Å². The second kappa shape index (κ2) is 6.90. The van der Waals surface area contributed by atoms with Gasteiger partial charge in [-0.2, -0.15) is 5.10 Å². The van der Waals surface area contributed by atoms with E-state index in [1.54, 1.807) is 17.1 Å². The van der Waals surface area contributed by atoms with Gasteiger partial charge in [0.05, 0.1) is 11.7 Å². The molecule has 1 aromatic carbocycles. The number of halogens is 2. The Morgan fingerprint density at radius 2 is 1.93 bits per heavy atom. The first-order valence-corrected chi connectivity index (χ1v) is 8.81. The van der Waals surface area contributed by atoms with Crippen LogP contribution in [0.15, 0.2) is 42.7 Å². The first-order chi connectivity index (χ1) is 13.0. The number of carbonyl (C=O) groups is 1. The molecule has 0 radical (unpaired) electrons. The van der Waals surface area contributed by atoms with Crippen LogP contribution in [0.2, 0.25) is 0 Å². The van der Waals surface area contributed by atoms with Gasteiger partial charge in [-0.25, -0.2) is 13.5 Å². The van der Waals surface area contributed by atoms with Crippen LogP contribution in [0.4, 0.5) is 8.78 Å². The fourth-order valence-corrected chi connectivity index (χ4v) is 3.45. The molecule has 27 heavy (non-hydrogen) atoms. The van der Waals surface area contributed by atoms with Gasteiger partial charge >= 0.3 is 0 Å². The Morgan fingerprint density at radius 1 is 1.15 bits per heavy atom. The molecule has 0 unspecified atom stereocenters. The molecule has 1 aliphatic rings. The quantitative estimate of drug-likeness (QED) is 0.766. The van der Waals surface area contributed by atoms with Crippen LogP contribution >= 0.6 is 0 Å². The van der Waals surface area contributed by atoms with Gasteiger partial charge in [0.2, 0.25) is 0 Å². The van der Waals surface area contributed by atoms with Crippen molar-refractivity contribution >= 4 is 5.91 Å². The van der Waals surface area contributed by atoms with Crippen LogP contribution in [0.25, 0.3) is 5.69 Å². The molecule has 1 atom stereocenters. The number of benzene rings is 1. The van der Waals surface area contributed by atoms with E-state index >= 15 is 0 Å². The summed E-state index contributed by atoms with van der Waals surface area (Å²) in [7, 11) is 0. The lowest BCUT2D eigenvalue weighted by Crippen LogP contribution is -2.28. The van der Waals surface area contributed by atoms with Crippen molar-refractivity contribution in [2.75, 3.05) is 0 Å². The van der Waals surface area contributed by atoms with E-state index < -0.39 is 11.6 Å². The number of nitrogens with one attached hydrogen (secondary N) is 1. The van der Waals surface area contributed by atoms with Gasteiger partial charge in [-0.3, -0.25) is 9.78 Å². The van der Waals surface area contributed by atoms with E-state index in [1.165, 1.54) is 6.07 Å². The number of amides is 1. The van der Waals surface area contributed by atoms with E-state index in [0.29, 0.717) is 11.4 Å². The van der Waals surface area contributed by atoms with Gasteiger partial charge in [0.15, 0.2) is 17.3 Å². The SMILES string of the molecule is C[C@@H](NC(=O)c1nn(-c2ccc(F)c(F)c2)c2c1CCC2)c1ccncc1. The number of pyridine rings is 1. The molecular weight excluding hydrogens is 350 g/mol. The zero-order chi connectivity index (χ0) is 19.0. The van der Waals surface area contributed by atoms with Gasteiger partial charge in [-0.05, 0) is 56.0 Å². The van der Waals surface area contributed by atoms with E-state index in [9.17, 15) is 13.6 Å². The molecule has 0 aliphatic heterocycles. The first kappa shape index (κ1) is 17.3. The summed E-state index contributed by atoms with van der Waals surface area (Å²) in [5.41, 5.74) is 3.44. The lowest BCUT2D eigenvalue weighted by atomic mass is 10.1. The first-order valence-electron chi connectivity index (χ1n) is 8.81. The molecule has 2 aromatic heterocycles. The molecule has 1 aliphatic carbocycles. The van der Waals surface area contributed by atoms with Crippen molar-refractivity contribution in [2.24, 2.45) is 0 Å². The third-order valence-corrected chi connectivity index (χ3v) is 4.85. The van der Waals surface area contributed by atoms with Crippen molar-refractivity contribution in [3.05, 3.63) is 76.9 Å². The number of nitrogens with zero attached hydrogens (tertiary/aromatic N) is 3. The Balaban J connectivity index is 1.66. The summed E-state index contributed by atoms with van der Waals surface area (Å²) in [6, 6.07) is 7.11. The van der Waals surface area contributed by atoms with E-state index in [-0.39, 0.29) is 11.9 Å². The lowest BCUT2D eigenvalue weighted by Gasteiger charge is -2.13. The van der Waals surface area contributed by atoms with Crippen LogP contribution in [0, 0.1) is 11.6 Å². The summed E-state index contributed by atoms with van der Waals surface area (Å²) >= 11 is 0. The third-order valence-electron chi connectivity index (χ3n) is 4.85. The van der Waals surface area contributed by atoms with Gasteiger partial charge in [-0.1, -0.05) is 0 Å². The Morgan fingerprint density at radius 3 is 2.67 bits per heavy atom. The van der Waals surface area contributed by atoms with Crippen LogP contribution in [-0.2, 0) is 12.8 Å². The second-order valence-electron chi connectivity index (χ2n) is 6.61. The second-order valence-corrected chi connectivity index (χ2v) is 6.61. The monoisotopic (exact) mass is 368 g/mol. The molecule has 5 nitrogen and oxygen atoms in total. The minimum Gasteiger partial charge on any atom is -0.344 e. The molecule has 0 saturated carbocycles. The standard InChI is InChI=1S/C20H18F2N4O/c1-12(13-7-9-23-10-8-13)24-20(27)19-15-3-2-4-18(15)26(25-19)14-5-6-16(21)17(22)11-14/h5-12H,2-4H2,1H3,(H,24,27)/t12-/m1/s1. The Bertz CT molecular complexity index is 1000. The van der Waals surface area contributed by atoms with Crippen molar-refractivity contribution in [2.45, 2.75) is 32.2 Å². The molecular formula is C20H18F2N4O. The number of fused-ring (bicyclic) bond motifs is 1. The molecule has 2 heterocycles. The summed E-state index contributed by atoms with van der Waals surface area (Å²) in [5, 5.41) is 7.37. The zero-order valence-corrected chi connectivity index (χ0v) is 14.7. The fourth-order valence-electron chi connectivity index (χ4n) is 3.45. The highest BCUT2D eigenvalue weighted by Crippen LogP contribution is 2.28. The van der Waals surface area contributed by atoms with Crippen molar-refractivity contribution in [1.29, 1.82) is 0 Å². The summed E-state index contributed by atoms with van der Waals surface area (Å²) < 4.78 is 28.4. The summed E-state index contributed by atoms with van der Waals surface area (Å²) in [6.45, 7) is 1.89. The van der Waals surface area contributed by atoms with Crippen molar-refractivity contribution in [3.63, 3.8) is 0 Å². The molecule has 0 bridgehead atoms. The number of carbonyl (C=O) groups excluding carboxylic acids is 1. The van der Waals surface area contributed by atoms with E-state index in [4.69, 9.17) is 0 Å². The highest BCUT2D eigenvalue weighted by atomic mass is 19.2. The maximum atomic E-state index is 13.6. The largest absolute Gasteiger partial charge is 0.344 e. The van der Waals surface area contributed by atoms with Crippen LogP contribution in [0.3, 0.4) is 0 Å². The number of hydrogen-bond acceptors (Lipinski definition) is 3. The topological polar surface area (TPSA) is 59.8 Å². The van der Waals surface area contributed by atoms with Crippen LogP contribution < -0.4 is 5.32 Å². The Labute approximate surface area is 155 Å². The van der Waals surface area contributed by atoms with Gasteiger partial charge in [-0.15, -0.1) is 0 Å². The minimum absolute atomic E-state index is 0.203. The molecule has 138 valence electrons. The van der Waals surface area contributed by atoms with Gasteiger partial charge in [0, 0.05) is 29.7 Å². The Hall–Kier alpha value is -3.09. The highest BCUT2D eigenvalue weighted by Gasteiger charge is 2.28. The van der Waals surface area contributed by atoms with Crippen molar-refractivity contribution in [3.8, 4) is 5.69 Å². The van der Waals surface area contributed by atoms with Crippen LogP contribution in [-0.4, -0.2) is 20.7 Å². The summed E-state index contributed by atoms with van der Waals surface area (Å²) in [6.07, 6.45) is 5.73.